The summed E-state index contributed by atoms with van der Waals surface area (Å²) in [4.78, 5) is 2.53. The molecule has 0 bridgehead atoms. The van der Waals surface area contributed by atoms with Gasteiger partial charge in [-0.15, -0.1) is 12.4 Å². The largest absolute Gasteiger partial charge is 0.296 e. The second-order valence-corrected chi connectivity index (χ2v) is 9.01. The molecule has 0 amide bonds. The van der Waals surface area contributed by atoms with Gasteiger partial charge in [-0.1, -0.05) is 37.6 Å². The molecule has 136 valence electrons. The Morgan fingerprint density at radius 1 is 1.25 bits per heavy atom. The van der Waals surface area contributed by atoms with Crippen LogP contribution in [0.3, 0.4) is 0 Å². The molecule has 2 heterocycles. The van der Waals surface area contributed by atoms with Gasteiger partial charge in [-0.3, -0.25) is 4.90 Å². The number of halogens is 1. The molecule has 3 rings (SSSR count). The minimum atomic E-state index is -3.12. The Morgan fingerprint density at radius 3 is 2.75 bits per heavy atom. The Labute approximate surface area is 152 Å². The van der Waals surface area contributed by atoms with Crippen LogP contribution >= 0.6 is 12.4 Å². The highest BCUT2D eigenvalue weighted by Gasteiger charge is 2.37. The highest BCUT2D eigenvalue weighted by molar-refractivity contribution is 7.89. The first-order valence-electron chi connectivity index (χ1n) is 8.80. The Kier molecular flexibility index (Phi) is 6.71. The van der Waals surface area contributed by atoms with Gasteiger partial charge in [0.1, 0.15) is 0 Å². The van der Waals surface area contributed by atoms with E-state index in [0.29, 0.717) is 6.04 Å². The minimum Gasteiger partial charge on any atom is -0.296 e. The standard InChI is InChI=1S/C18H28N2O2S.ClH/c1-3-4-13-23(21,22)19(2)16-10-12-20-11-9-15-7-5-6-8-17(15)18(20)14-16;/h5-8,16,18H,3-4,9-14H2,1-2H3;1H/t16-,18+;/m0./s1. The van der Waals surface area contributed by atoms with Crippen LogP contribution < -0.4 is 0 Å². The summed E-state index contributed by atoms with van der Waals surface area (Å²) in [6.45, 7) is 4.13. The molecule has 0 spiro atoms. The predicted molar refractivity (Wildman–Crippen MR) is 101 cm³/mol. The molecule has 2 aliphatic rings. The summed E-state index contributed by atoms with van der Waals surface area (Å²) in [5, 5.41) is 0. The zero-order valence-corrected chi connectivity index (χ0v) is 16.3. The van der Waals surface area contributed by atoms with Gasteiger partial charge < -0.3 is 0 Å². The normalized spacial score (nSPS) is 24.1. The van der Waals surface area contributed by atoms with Crippen LogP contribution in [0.4, 0.5) is 0 Å². The molecule has 1 aromatic carbocycles. The van der Waals surface area contributed by atoms with Gasteiger partial charge in [0, 0.05) is 32.2 Å². The molecule has 1 aromatic rings. The number of benzene rings is 1. The summed E-state index contributed by atoms with van der Waals surface area (Å²) in [5.74, 6) is 0.279. The summed E-state index contributed by atoms with van der Waals surface area (Å²) in [5.41, 5.74) is 2.84. The van der Waals surface area contributed by atoms with Gasteiger partial charge in [-0.05, 0) is 36.8 Å². The van der Waals surface area contributed by atoms with E-state index in [2.05, 4.69) is 29.2 Å². The summed E-state index contributed by atoms with van der Waals surface area (Å²) >= 11 is 0. The van der Waals surface area contributed by atoms with E-state index in [1.54, 1.807) is 11.4 Å². The van der Waals surface area contributed by atoms with Crippen LogP contribution in [0, 0.1) is 0 Å². The van der Waals surface area contributed by atoms with Gasteiger partial charge in [0.05, 0.1) is 5.75 Å². The molecule has 1 fully saturated rings. The molecule has 0 radical (unpaired) electrons. The maximum atomic E-state index is 12.5. The molecule has 0 unspecified atom stereocenters. The summed E-state index contributed by atoms with van der Waals surface area (Å²) < 4.78 is 26.7. The van der Waals surface area contributed by atoms with Crippen LogP contribution in [-0.4, -0.2) is 49.6 Å². The molecule has 2 atom stereocenters. The van der Waals surface area contributed by atoms with E-state index >= 15 is 0 Å². The average Bonchev–Trinajstić information content (AvgIpc) is 2.58. The van der Waals surface area contributed by atoms with Gasteiger partial charge >= 0.3 is 0 Å². The Hall–Kier alpha value is -0.620. The van der Waals surface area contributed by atoms with Crippen molar-refractivity contribution in [2.75, 3.05) is 25.9 Å². The first-order chi connectivity index (χ1) is 11.0. The van der Waals surface area contributed by atoms with E-state index in [1.807, 2.05) is 6.92 Å². The van der Waals surface area contributed by atoms with Crippen molar-refractivity contribution in [1.82, 2.24) is 9.21 Å². The van der Waals surface area contributed by atoms with E-state index in [4.69, 9.17) is 0 Å². The monoisotopic (exact) mass is 372 g/mol. The quantitative estimate of drug-likeness (QED) is 0.796. The number of hydrogen-bond donors (Lipinski definition) is 0. The molecule has 4 nitrogen and oxygen atoms in total. The maximum Gasteiger partial charge on any atom is 0.214 e. The van der Waals surface area contributed by atoms with Crippen molar-refractivity contribution in [2.45, 2.75) is 51.1 Å². The molecule has 2 aliphatic heterocycles. The summed E-state index contributed by atoms with van der Waals surface area (Å²) in [6, 6.07) is 9.16. The summed E-state index contributed by atoms with van der Waals surface area (Å²) in [7, 11) is -1.34. The molecule has 6 heteroatoms. The van der Waals surface area contributed by atoms with E-state index in [1.165, 1.54) is 11.1 Å². The molecule has 1 saturated heterocycles. The number of unbranched alkanes of at least 4 members (excludes halogenated alkanes) is 1. The van der Waals surface area contributed by atoms with E-state index in [0.717, 1.165) is 45.2 Å². The lowest BCUT2D eigenvalue weighted by Gasteiger charge is -2.45. The third kappa shape index (κ3) is 3.96. The minimum absolute atomic E-state index is 0. The second kappa shape index (κ2) is 8.17. The molecular formula is C18H29ClN2O2S. The summed E-state index contributed by atoms with van der Waals surface area (Å²) in [6.07, 6.45) is 4.64. The van der Waals surface area contributed by atoms with E-state index in [-0.39, 0.29) is 24.2 Å². The Morgan fingerprint density at radius 2 is 2.00 bits per heavy atom. The maximum absolute atomic E-state index is 12.5. The van der Waals surface area contributed by atoms with Crippen LogP contribution in [0.5, 0.6) is 0 Å². The van der Waals surface area contributed by atoms with Gasteiger partial charge in [0.15, 0.2) is 0 Å². The topological polar surface area (TPSA) is 40.6 Å². The number of sulfonamides is 1. The predicted octanol–water partition coefficient (Wildman–Crippen LogP) is 3.23. The lowest BCUT2D eigenvalue weighted by atomic mass is 9.85. The van der Waals surface area contributed by atoms with Gasteiger partial charge in [-0.25, -0.2) is 12.7 Å². The zero-order chi connectivity index (χ0) is 16.4. The fourth-order valence-corrected chi connectivity index (χ4v) is 5.55. The smallest absolute Gasteiger partial charge is 0.214 e. The van der Waals surface area contributed by atoms with Crippen LogP contribution in [-0.2, 0) is 16.4 Å². The Balaban J connectivity index is 0.00000208. The van der Waals surface area contributed by atoms with E-state index < -0.39 is 10.0 Å². The molecule has 0 saturated carbocycles. The molecule has 0 aromatic heterocycles. The van der Waals surface area contributed by atoms with Crippen molar-refractivity contribution < 1.29 is 8.42 Å². The van der Waals surface area contributed by atoms with Crippen LogP contribution in [0.1, 0.15) is 49.8 Å². The van der Waals surface area contributed by atoms with Crippen LogP contribution in [0.2, 0.25) is 0 Å². The average molecular weight is 373 g/mol. The van der Waals surface area contributed by atoms with Gasteiger partial charge in [0.25, 0.3) is 0 Å². The zero-order valence-electron chi connectivity index (χ0n) is 14.6. The molecule has 0 N–H and O–H groups in total. The van der Waals surface area contributed by atoms with Crippen molar-refractivity contribution in [1.29, 1.82) is 0 Å². The van der Waals surface area contributed by atoms with Crippen molar-refractivity contribution in [3.8, 4) is 0 Å². The van der Waals surface area contributed by atoms with Crippen LogP contribution in [0.15, 0.2) is 24.3 Å². The van der Waals surface area contributed by atoms with Gasteiger partial charge in [-0.2, -0.15) is 0 Å². The molecular weight excluding hydrogens is 344 g/mol. The fraction of sp³-hybridized carbons (Fsp3) is 0.667. The third-order valence-electron chi connectivity index (χ3n) is 5.48. The first kappa shape index (κ1) is 19.7. The van der Waals surface area contributed by atoms with Gasteiger partial charge in [0.2, 0.25) is 10.0 Å². The first-order valence-corrected chi connectivity index (χ1v) is 10.4. The lowest BCUT2D eigenvalue weighted by Crippen LogP contribution is -2.49. The molecule has 0 aliphatic carbocycles. The number of fused-ring (bicyclic) bond motifs is 3. The fourth-order valence-electron chi connectivity index (χ4n) is 3.97. The van der Waals surface area contributed by atoms with Crippen molar-refractivity contribution in [2.24, 2.45) is 0 Å². The van der Waals surface area contributed by atoms with Crippen LogP contribution in [0.25, 0.3) is 0 Å². The highest BCUT2D eigenvalue weighted by atomic mass is 35.5. The van der Waals surface area contributed by atoms with Crippen molar-refractivity contribution >= 4 is 22.4 Å². The number of piperidine rings is 1. The third-order valence-corrected chi connectivity index (χ3v) is 7.46. The van der Waals surface area contributed by atoms with Crippen molar-refractivity contribution in [3.63, 3.8) is 0 Å². The number of hydrogen-bond acceptors (Lipinski definition) is 3. The highest BCUT2D eigenvalue weighted by Crippen LogP contribution is 2.38. The van der Waals surface area contributed by atoms with Crippen molar-refractivity contribution in [3.05, 3.63) is 35.4 Å². The number of nitrogens with zero attached hydrogens (tertiary/aromatic N) is 2. The number of rotatable bonds is 5. The lowest BCUT2D eigenvalue weighted by molar-refractivity contribution is 0.0969. The Bertz CT molecular complexity index is 650. The second-order valence-electron chi connectivity index (χ2n) is 6.86. The SMILES string of the molecule is CCCCS(=O)(=O)N(C)[C@H]1CCN2CCc3ccccc3[C@H]2C1.Cl. The van der Waals surface area contributed by atoms with E-state index in [9.17, 15) is 8.42 Å². The molecule has 24 heavy (non-hydrogen) atoms.